The summed E-state index contributed by atoms with van der Waals surface area (Å²) in [6.45, 7) is 4.15. The quantitative estimate of drug-likeness (QED) is 0.674. The van der Waals surface area contributed by atoms with Crippen molar-refractivity contribution < 1.29 is 19.0 Å². The Balaban J connectivity index is 2.42. The van der Waals surface area contributed by atoms with Gasteiger partial charge in [-0.1, -0.05) is 19.4 Å². The zero-order valence-electron chi connectivity index (χ0n) is 13.1. The second-order valence-electron chi connectivity index (χ2n) is 4.62. The molecule has 0 unspecified atom stereocenters. The van der Waals surface area contributed by atoms with Crippen LogP contribution in [0.3, 0.4) is 0 Å². The largest absolute Gasteiger partial charge is 0.493 e. The Morgan fingerprint density at radius 2 is 1.90 bits per heavy atom. The normalized spacial score (nSPS) is 10.2. The van der Waals surface area contributed by atoms with Crippen LogP contribution >= 0.6 is 0 Å². The van der Waals surface area contributed by atoms with Crippen molar-refractivity contribution in [2.45, 2.75) is 26.2 Å². The lowest BCUT2D eigenvalue weighted by Gasteiger charge is -2.12. The Bertz CT molecular complexity index is 434. The molecule has 0 bridgehead atoms. The Labute approximate surface area is 126 Å². The van der Waals surface area contributed by atoms with Crippen molar-refractivity contribution in [2.75, 3.05) is 34.0 Å². The molecule has 5 heteroatoms. The lowest BCUT2D eigenvalue weighted by molar-refractivity contribution is 0.0937. The number of methoxy groups -OCH3 is 2. The van der Waals surface area contributed by atoms with Gasteiger partial charge in [-0.05, 0) is 25.0 Å². The van der Waals surface area contributed by atoms with Gasteiger partial charge in [0.2, 0.25) is 0 Å². The predicted octanol–water partition coefficient (Wildman–Crippen LogP) is 2.64. The summed E-state index contributed by atoms with van der Waals surface area (Å²) in [5.41, 5.74) is 0.476. The highest BCUT2D eigenvalue weighted by Gasteiger charge is 2.15. The molecule has 1 rings (SSSR count). The Kier molecular flexibility index (Phi) is 8.28. The van der Waals surface area contributed by atoms with Crippen LogP contribution in [-0.2, 0) is 4.74 Å². The number of hydrogen-bond acceptors (Lipinski definition) is 4. The van der Waals surface area contributed by atoms with Crippen LogP contribution in [0.1, 0.15) is 36.5 Å². The van der Waals surface area contributed by atoms with E-state index >= 15 is 0 Å². The minimum atomic E-state index is -0.167. The maximum Gasteiger partial charge on any atom is 0.255 e. The number of carbonyl (C=O) groups excluding carboxylic acids is 1. The Morgan fingerprint density at radius 1 is 1.14 bits per heavy atom. The van der Waals surface area contributed by atoms with Crippen LogP contribution in [0, 0.1) is 0 Å². The number of ether oxygens (including phenoxy) is 3. The van der Waals surface area contributed by atoms with E-state index in [9.17, 15) is 4.79 Å². The molecule has 118 valence electrons. The van der Waals surface area contributed by atoms with E-state index in [1.165, 1.54) is 7.11 Å². The van der Waals surface area contributed by atoms with Crippen molar-refractivity contribution in [3.8, 4) is 11.5 Å². The standard InChI is InChI=1S/C16H25NO4/c1-4-5-11-21-12-7-10-17-16(18)13-8-6-9-14(19-2)15(13)20-3/h6,8-9H,4-5,7,10-12H2,1-3H3,(H,17,18). The molecule has 0 fully saturated rings. The molecule has 0 aliphatic heterocycles. The second-order valence-corrected chi connectivity index (χ2v) is 4.62. The maximum atomic E-state index is 12.1. The molecule has 0 saturated heterocycles. The molecule has 0 spiro atoms. The minimum Gasteiger partial charge on any atom is -0.493 e. The highest BCUT2D eigenvalue weighted by molar-refractivity contribution is 5.97. The Hall–Kier alpha value is -1.75. The van der Waals surface area contributed by atoms with Crippen LogP contribution < -0.4 is 14.8 Å². The SMILES string of the molecule is CCCCOCCCNC(=O)c1cccc(OC)c1OC. The molecular formula is C16H25NO4. The number of unbranched alkanes of at least 4 members (excludes halogenated alkanes) is 1. The molecule has 1 amide bonds. The number of rotatable bonds is 10. The highest BCUT2D eigenvalue weighted by atomic mass is 16.5. The predicted molar refractivity (Wildman–Crippen MR) is 82.2 cm³/mol. The third-order valence-corrected chi connectivity index (χ3v) is 3.04. The lowest BCUT2D eigenvalue weighted by atomic mass is 10.1. The fourth-order valence-corrected chi connectivity index (χ4v) is 1.89. The molecule has 1 N–H and O–H groups in total. The average Bonchev–Trinajstić information content (AvgIpc) is 2.52. The van der Waals surface area contributed by atoms with E-state index in [0.717, 1.165) is 25.9 Å². The highest BCUT2D eigenvalue weighted by Crippen LogP contribution is 2.30. The van der Waals surface area contributed by atoms with Crippen molar-refractivity contribution in [3.63, 3.8) is 0 Å². The van der Waals surface area contributed by atoms with Gasteiger partial charge in [0.15, 0.2) is 11.5 Å². The monoisotopic (exact) mass is 295 g/mol. The summed E-state index contributed by atoms with van der Waals surface area (Å²) in [6, 6.07) is 5.25. The van der Waals surface area contributed by atoms with Gasteiger partial charge >= 0.3 is 0 Å². The fourth-order valence-electron chi connectivity index (χ4n) is 1.89. The summed E-state index contributed by atoms with van der Waals surface area (Å²) in [6.07, 6.45) is 3.00. The molecule has 0 heterocycles. The molecule has 1 aromatic carbocycles. The number of amides is 1. The number of benzene rings is 1. The number of nitrogens with one attached hydrogen (secondary N) is 1. The minimum absolute atomic E-state index is 0.167. The van der Waals surface area contributed by atoms with Crippen LogP contribution in [0.15, 0.2) is 18.2 Å². The van der Waals surface area contributed by atoms with Crippen molar-refractivity contribution in [3.05, 3.63) is 23.8 Å². The van der Waals surface area contributed by atoms with E-state index in [1.54, 1.807) is 25.3 Å². The smallest absolute Gasteiger partial charge is 0.255 e. The zero-order chi connectivity index (χ0) is 15.5. The molecule has 0 radical (unpaired) electrons. The summed E-state index contributed by atoms with van der Waals surface area (Å²) in [5.74, 6) is 0.837. The van der Waals surface area contributed by atoms with E-state index in [0.29, 0.717) is 30.2 Å². The third-order valence-electron chi connectivity index (χ3n) is 3.04. The van der Waals surface area contributed by atoms with Crippen LogP contribution in [0.2, 0.25) is 0 Å². The van der Waals surface area contributed by atoms with E-state index in [4.69, 9.17) is 14.2 Å². The molecular weight excluding hydrogens is 270 g/mol. The molecule has 0 saturated carbocycles. The summed E-state index contributed by atoms with van der Waals surface area (Å²) in [5, 5.41) is 2.86. The van der Waals surface area contributed by atoms with E-state index in [2.05, 4.69) is 12.2 Å². The van der Waals surface area contributed by atoms with Crippen molar-refractivity contribution in [1.29, 1.82) is 0 Å². The third kappa shape index (κ3) is 5.63. The average molecular weight is 295 g/mol. The molecule has 0 aliphatic carbocycles. The first kappa shape index (κ1) is 17.3. The van der Waals surface area contributed by atoms with Crippen LogP contribution in [-0.4, -0.2) is 39.9 Å². The van der Waals surface area contributed by atoms with Gasteiger partial charge in [0.1, 0.15) is 0 Å². The molecule has 1 aromatic rings. The van der Waals surface area contributed by atoms with E-state index < -0.39 is 0 Å². The van der Waals surface area contributed by atoms with Gasteiger partial charge in [0.25, 0.3) is 5.91 Å². The summed E-state index contributed by atoms with van der Waals surface area (Å²) < 4.78 is 15.9. The number of carbonyl (C=O) groups is 1. The second kappa shape index (κ2) is 10.0. The number of para-hydroxylation sites is 1. The summed E-state index contributed by atoms with van der Waals surface area (Å²) in [4.78, 5) is 12.1. The van der Waals surface area contributed by atoms with Crippen molar-refractivity contribution in [2.24, 2.45) is 0 Å². The zero-order valence-corrected chi connectivity index (χ0v) is 13.1. The van der Waals surface area contributed by atoms with Crippen molar-refractivity contribution in [1.82, 2.24) is 5.32 Å². The van der Waals surface area contributed by atoms with E-state index in [-0.39, 0.29) is 5.91 Å². The van der Waals surface area contributed by atoms with Crippen molar-refractivity contribution >= 4 is 5.91 Å². The van der Waals surface area contributed by atoms with Gasteiger partial charge in [0.05, 0.1) is 19.8 Å². The fraction of sp³-hybridized carbons (Fsp3) is 0.562. The van der Waals surface area contributed by atoms with Gasteiger partial charge in [-0.2, -0.15) is 0 Å². The molecule has 0 aromatic heterocycles. The first-order chi connectivity index (χ1) is 10.2. The lowest BCUT2D eigenvalue weighted by Crippen LogP contribution is -2.25. The van der Waals surface area contributed by atoms with Crippen LogP contribution in [0.25, 0.3) is 0 Å². The first-order valence-electron chi connectivity index (χ1n) is 7.31. The molecule has 5 nitrogen and oxygen atoms in total. The van der Waals surface area contributed by atoms with Gasteiger partial charge in [-0.15, -0.1) is 0 Å². The molecule has 0 aliphatic rings. The molecule has 21 heavy (non-hydrogen) atoms. The summed E-state index contributed by atoms with van der Waals surface area (Å²) >= 11 is 0. The maximum absolute atomic E-state index is 12.1. The van der Waals surface area contributed by atoms with E-state index in [1.807, 2.05) is 0 Å². The molecule has 0 atom stereocenters. The van der Waals surface area contributed by atoms with Crippen LogP contribution in [0.5, 0.6) is 11.5 Å². The van der Waals surface area contributed by atoms with Crippen LogP contribution in [0.4, 0.5) is 0 Å². The summed E-state index contributed by atoms with van der Waals surface area (Å²) in [7, 11) is 3.07. The van der Waals surface area contributed by atoms with Gasteiger partial charge in [-0.3, -0.25) is 4.79 Å². The van der Waals surface area contributed by atoms with Gasteiger partial charge < -0.3 is 19.5 Å². The Morgan fingerprint density at radius 3 is 2.57 bits per heavy atom. The van der Waals surface area contributed by atoms with Gasteiger partial charge in [0, 0.05) is 19.8 Å². The number of hydrogen-bond donors (Lipinski definition) is 1. The van der Waals surface area contributed by atoms with Gasteiger partial charge in [-0.25, -0.2) is 0 Å². The topological polar surface area (TPSA) is 56.8 Å². The first-order valence-corrected chi connectivity index (χ1v) is 7.31.